The normalized spacial score (nSPS) is 21.8. The summed E-state index contributed by atoms with van der Waals surface area (Å²) in [5.74, 6) is -0.145. The summed E-state index contributed by atoms with van der Waals surface area (Å²) < 4.78 is 34.4. The van der Waals surface area contributed by atoms with Crippen molar-refractivity contribution in [3.63, 3.8) is 0 Å². The highest BCUT2D eigenvalue weighted by atomic mass is 32.2. The summed E-state index contributed by atoms with van der Waals surface area (Å²) in [7, 11) is -2.24. The van der Waals surface area contributed by atoms with Crippen LogP contribution in [-0.2, 0) is 14.8 Å². The van der Waals surface area contributed by atoms with Crippen LogP contribution in [-0.4, -0.2) is 77.5 Å². The number of ether oxygens (including phenoxy) is 1. The van der Waals surface area contributed by atoms with Crippen LogP contribution < -0.4 is 4.74 Å². The highest BCUT2D eigenvalue weighted by molar-refractivity contribution is 7.89. The molecule has 0 fully saturated rings. The third-order valence-corrected chi connectivity index (χ3v) is 7.57. The standard InChI is InChI=1S/C21H28N4O5S/c1-14-10-25(15(2)12-26)31(28,29)21-6-5-17(18-8-22-13-23-9-18)7-19(21)30-20(14)11-24(4)16(3)27/h5-9,13-15,20,26H,10-12H2,1-4H3/t14-,15+,20+/m1/s1. The first kappa shape index (κ1) is 23.1. The molecule has 31 heavy (non-hydrogen) atoms. The van der Waals surface area contributed by atoms with Crippen LogP contribution in [0.25, 0.3) is 11.1 Å². The molecule has 1 aliphatic heterocycles. The number of benzene rings is 1. The van der Waals surface area contributed by atoms with Crippen molar-refractivity contribution in [2.75, 3.05) is 26.7 Å². The topological polar surface area (TPSA) is 113 Å². The van der Waals surface area contributed by atoms with Crippen LogP contribution in [0.1, 0.15) is 20.8 Å². The van der Waals surface area contributed by atoms with Crippen molar-refractivity contribution >= 4 is 15.9 Å². The first-order valence-electron chi connectivity index (χ1n) is 10.1. The molecule has 3 atom stereocenters. The van der Waals surface area contributed by atoms with E-state index in [9.17, 15) is 18.3 Å². The number of aliphatic hydroxyl groups excluding tert-OH is 1. The van der Waals surface area contributed by atoms with Gasteiger partial charge in [0.1, 0.15) is 23.1 Å². The monoisotopic (exact) mass is 448 g/mol. The molecule has 0 saturated carbocycles. The zero-order chi connectivity index (χ0) is 22.8. The van der Waals surface area contributed by atoms with Gasteiger partial charge in [0.05, 0.1) is 13.2 Å². The number of hydrogen-bond donors (Lipinski definition) is 1. The fourth-order valence-electron chi connectivity index (χ4n) is 3.47. The van der Waals surface area contributed by atoms with Gasteiger partial charge in [0, 0.05) is 50.4 Å². The van der Waals surface area contributed by atoms with Crippen molar-refractivity contribution in [1.82, 2.24) is 19.2 Å². The first-order valence-corrected chi connectivity index (χ1v) is 11.5. The Balaban J connectivity index is 2.13. The lowest BCUT2D eigenvalue weighted by Crippen LogP contribution is -2.50. The Morgan fingerprint density at radius 3 is 2.61 bits per heavy atom. The van der Waals surface area contributed by atoms with Gasteiger partial charge in [0.15, 0.2) is 0 Å². The molecule has 0 spiro atoms. The van der Waals surface area contributed by atoms with Gasteiger partial charge in [-0.2, -0.15) is 4.31 Å². The minimum absolute atomic E-state index is 0.0239. The van der Waals surface area contributed by atoms with Crippen LogP contribution in [0.5, 0.6) is 5.75 Å². The minimum atomic E-state index is -3.92. The van der Waals surface area contributed by atoms with E-state index in [1.807, 2.05) is 6.92 Å². The summed E-state index contributed by atoms with van der Waals surface area (Å²) in [6.07, 6.45) is 4.24. The van der Waals surface area contributed by atoms with Gasteiger partial charge in [-0.1, -0.05) is 13.0 Å². The van der Waals surface area contributed by atoms with Crippen LogP contribution in [0.4, 0.5) is 0 Å². The minimum Gasteiger partial charge on any atom is -0.487 e. The molecule has 1 aromatic heterocycles. The molecule has 0 aliphatic carbocycles. The summed E-state index contributed by atoms with van der Waals surface area (Å²) in [6.45, 7) is 5.17. The van der Waals surface area contributed by atoms with E-state index in [0.717, 1.165) is 5.56 Å². The number of fused-ring (bicyclic) bond motifs is 1. The van der Waals surface area contributed by atoms with Crippen LogP contribution in [0.2, 0.25) is 0 Å². The number of nitrogens with zero attached hydrogens (tertiary/aromatic N) is 4. The highest BCUT2D eigenvalue weighted by Crippen LogP contribution is 2.36. The van der Waals surface area contributed by atoms with E-state index in [0.29, 0.717) is 12.1 Å². The summed E-state index contributed by atoms with van der Waals surface area (Å²) in [5.41, 5.74) is 1.43. The molecule has 10 heteroatoms. The quantitative estimate of drug-likeness (QED) is 0.735. The van der Waals surface area contributed by atoms with Gasteiger partial charge >= 0.3 is 0 Å². The number of aromatic nitrogens is 2. The van der Waals surface area contributed by atoms with Crippen molar-refractivity contribution in [2.45, 2.75) is 37.8 Å². The second-order valence-electron chi connectivity index (χ2n) is 7.93. The Bertz CT molecular complexity index is 1030. The SMILES string of the molecule is CC(=O)N(C)C[C@@H]1Oc2cc(-c3cncnc3)ccc2S(=O)(=O)N([C@@H](C)CO)C[C@H]1C. The summed E-state index contributed by atoms with van der Waals surface area (Å²) in [4.78, 5) is 21.4. The Morgan fingerprint density at radius 2 is 2.00 bits per heavy atom. The molecule has 9 nitrogen and oxygen atoms in total. The summed E-state index contributed by atoms with van der Waals surface area (Å²) in [5, 5.41) is 9.69. The van der Waals surface area contributed by atoms with Gasteiger partial charge in [0.2, 0.25) is 15.9 Å². The number of amides is 1. The van der Waals surface area contributed by atoms with E-state index in [2.05, 4.69) is 9.97 Å². The lowest BCUT2D eigenvalue weighted by atomic mass is 10.0. The smallest absolute Gasteiger partial charge is 0.247 e. The number of carbonyl (C=O) groups is 1. The Hall–Kier alpha value is -2.56. The van der Waals surface area contributed by atoms with E-state index in [1.165, 1.54) is 23.6 Å². The molecule has 3 rings (SSSR count). The number of rotatable bonds is 5. The van der Waals surface area contributed by atoms with E-state index >= 15 is 0 Å². The molecule has 168 valence electrons. The number of likely N-dealkylation sites (N-methyl/N-ethyl adjacent to an activating group) is 1. The van der Waals surface area contributed by atoms with Crippen molar-refractivity contribution in [3.05, 3.63) is 36.9 Å². The van der Waals surface area contributed by atoms with Gasteiger partial charge in [-0.15, -0.1) is 0 Å². The number of aliphatic hydroxyl groups is 1. The Morgan fingerprint density at radius 1 is 1.32 bits per heavy atom. The van der Waals surface area contributed by atoms with E-state index in [1.54, 1.807) is 43.4 Å². The maximum atomic E-state index is 13.5. The maximum Gasteiger partial charge on any atom is 0.247 e. The molecular weight excluding hydrogens is 420 g/mol. The first-order chi connectivity index (χ1) is 14.6. The van der Waals surface area contributed by atoms with Crippen LogP contribution in [0, 0.1) is 5.92 Å². The number of hydrogen-bond acceptors (Lipinski definition) is 7. The lowest BCUT2D eigenvalue weighted by Gasteiger charge is -2.37. The fourth-order valence-corrected chi connectivity index (χ4v) is 5.30. The van der Waals surface area contributed by atoms with Crippen LogP contribution in [0.15, 0.2) is 41.8 Å². The molecule has 2 aromatic rings. The molecule has 0 unspecified atom stereocenters. The van der Waals surface area contributed by atoms with E-state index < -0.39 is 22.2 Å². The van der Waals surface area contributed by atoms with Crippen LogP contribution in [0.3, 0.4) is 0 Å². The van der Waals surface area contributed by atoms with Gasteiger partial charge < -0.3 is 14.7 Å². The molecule has 2 heterocycles. The molecule has 1 amide bonds. The highest BCUT2D eigenvalue weighted by Gasteiger charge is 2.38. The van der Waals surface area contributed by atoms with Crippen molar-refractivity contribution in [1.29, 1.82) is 0 Å². The zero-order valence-electron chi connectivity index (χ0n) is 18.1. The summed E-state index contributed by atoms with van der Waals surface area (Å²) in [6, 6.07) is 4.24. The average molecular weight is 449 g/mol. The Labute approximate surface area is 182 Å². The number of carbonyl (C=O) groups excluding carboxylic acids is 1. The molecular formula is C21H28N4O5S. The molecule has 0 bridgehead atoms. The van der Waals surface area contributed by atoms with E-state index in [-0.39, 0.29) is 35.6 Å². The van der Waals surface area contributed by atoms with Crippen molar-refractivity contribution in [2.24, 2.45) is 5.92 Å². The second kappa shape index (κ2) is 9.29. The molecule has 0 saturated heterocycles. The molecule has 1 aromatic carbocycles. The largest absolute Gasteiger partial charge is 0.487 e. The lowest BCUT2D eigenvalue weighted by molar-refractivity contribution is -0.129. The molecule has 1 aliphatic rings. The zero-order valence-corrected chi connectivity index (χ0v) is 18.9. The van der Waals surface area contributed by atoms with Crippen LogP contribution >= 0.6 is 0 Å². The van der Waals surface area contributed by atoms with E-state index in [4.69, 9.17) is 4.74 Å². The third kappa shape index (κ3) is 4.86. The third-order valence-electron chi connectivity index (χ3n) is 5.55. The second-order valence-corrected chi connectivity index (χ2v) is 9.79. The van der Waals surface area contributed by atoms with Gasteiger partial charge in [-0.05, 0) is 24.6 Å². The predicted octanol–water partition coefficient (Wildman–Crippen LogP) is 1.39. The van der Waals surface area contributed by atoms with Gasteiger partial charge in [-0.25, -0.2) is 18.4 Å². The number of sulfonamides is 1. The van der Waals surface area contributed by atoms with Gasteiger partial charge in [0.25, 0.3) is 0 Å². The molecule has 1 N–H and O–H groups in total. The fraction of sp³-hybridized carbons (Fsp3) is 0.476. The summed E-state index contributed by atoms with van der Waals surface area (Å²) >= 11 is 0. The predicted molar refractivity (Wildman–Crippen MR) is 115 cm³/mol. The van der Waals surface area contributed by atoms with Crippen molar-refractivity contribution in [3.8, 4) is 16.9 Å². The average Bonchev–Trinajstić information content (AvgIpc) is 2.75. The molecule has 0 radical (unpaired) electrons. The Kier molecular flexibility index (Phi) is 6.93. The van der Waals surface area contributed by atoms with Gasteiger partial charge in [-0.3, -0.25) is 4.79 Å². The van der Waals surface area contributed by atoms with Crippen molar-refractivity contribution < 1.29 is 23.1 Å². The maximum absolute atomic E-state index is 13.5.